The minimum atomic E-state index is 0.442. The molecule has 1 rings (SSSR count). The third-order valence-electron chi connectivity index (χ3n) is 1.62. The summed E-state index contributed by atoms with van der Waals surface area (Å²) in [5, 5.41) is 8.45. The highest BCUT2D eigenvalue weighted by atomic mass is 14.5. The second-order valence-electron chi connectivity index (χ2n) is 2.36. The van der Waals surface area contributed by atoms with Crippen LogP contribution in [0.25, 0.3) is 0 Å². The minimum absolute atomic E-state index is 0.442. The van der Waals surface area contributed by atoms with Gasteiger partial charge in [-0.1, -0.05) is 12.2 Å². The number of nitrogens with two attached hydrogens (primary N) is 1. The first-order valence-electron chi connectivity index (χ1n) is 3.35. The Hall–Kier alpha value is -1.07. The van der Waals surface area contributed by atoms with Crippen LogP contribution in [-0.4, -0.2) is 6.54 Å². The van der Waals surface area contributed by atoms with Gasteiger partial charge in [-0.3, -0.25) is 0 Å². The molecule has 0 heterocycles. The molecule has 0 amide bonds. The molecule has 2 nitrogen and oxygen atoms in total. The van der Waals surface area contributed by atoms with Crippen molar-refractivity contribution < 1.29 is 0 Å². The Morgan fingerprint density at radius 3 is 3.00 bits per heavy atom. The normalized spacial score (nSPS) is 23.6. The van der Waals surface area contributed by atoms with Crippen LogP contribution in [0.2, 0.25) is 0 Å². The Labute approximate surface area is 60.6 Å². The number of nitriles is 1. The van der Waals surface area contributed by atoms with Crippen molar-refractivity contribution in [1.29, 1.82) is 5.26 Å². The molecule has 0 aromatic carbocycles. The molecule has 0 spiro atoms. The smallest absolute Gasteiger partial charge is 0.0988 e. The van der Waals surface area contributed by atoms with Crippen LogP contribution >= 0.6 is 0 Å². The van der Waals surface area contributed by atoms with Crippen LogP contribution in [0.1, 0.15) is 6.42 Å². The van der Waals surface area contributed by atoms with Crippen molar-refractivity contribution in [1.82, 2.24) is 0 Å². The van der Waals surface area contributed by atoms with Gasteiger partial charge in [-0.15, -0.1) is 0 Å². The lowest BCUT2D eigenvalue weighted by Gasteiger charge is -2.09. The van der Waals surface area contributed by atoms with Crippen LogP contribution in [0, 0.1) is 17.2 Å². The van der Waals surface area contributed by atoms with Gasteiger partial charge in [-0.2, -0.15) is 5.26 Å². The predicted octanol–water partition coefficient (Wildman–Crippen LogP) is 0.971. The first-order valence-corrected chi connectivity index (χ1v) is 3.35. The summed E-state index contributed by atoms with van der Waals surface area (Å²) in [4.78, 5) is 0. The van der Waals surface area contributed by atoms with E-state index in [1.165, 1.54) is 0 Å². The van der Waals surface area contributed by atoms with Gasteiger partial charge in [-0.05, 0) is 25.0 Å². The van der Waals surface area contributed by atoms with E-state index < -0.39 is 0 Å². The lowest BCUT2D eigenvalue weighted by Crippen LogP contribution is -2.12. The highest BCUT2D eigenvalue weighted by Gasteiger charge is 2.04. The molecule has 2 N–H and O–H groups in total. The van der Waals surface area contributed by atoms with Crippen molar-refractivity contribution in [2.45, 2.75) is 6.42 Å². The van der Waals surface area contributed by atoms with Gasteiger partial charge in [0.2, 0.25) is 0 Å². The van der Waals surface area contributed by atoms with Gasteiger partial charge in [0.05, 0.1) is 6.07 Å². The molecule has 0 saturated carbocycles. The average Bonchev–Trinajstić information content (AvgIpc) is 2.05. The quantitative estimate of drug-likeness (QED) is 0.581. The highest BCUT2D eigenvalue weighted by Crippen LogP contribution is 2.13. The first kappa shape index (κ1) is 7.04. The summed E-state index contributed by atoms with van der Waals surface area (Å²) in [6.07, 6.45) is 6.67. The van der Waals surface area contributed by atoms with Crippen LogP contribution < -0.4 is 5.73 Å². The molecule has 10 heavy (non-hydrogen) atoms. The minimum Gasteiger partial charge on any atom is -0.330 e. The van der Waals surface area contributed by atoms with E-state index in [9.17, 15) is 0 Å². The summed E-state index contributed by atoms with van der Waals surface area (Å²) in [6.45, 7) is 0.672. The van der Waals surface area contributed by atoms with E-state index in [0.29, 0.717) is 12.5 Å². The van der Waals surface area contributed by atoms with Gasteiger partial charge in [0.1, 0.15) is 0 Å². The van der Waals surface area contributed by atoms with Gasteiger partial charge >= 0.3 is 0 Å². The van der Waals surface area contributed by atoms with Crippen LogP contribution in [-0.2, 0) is 0 Å². The first-order chi connectivity index (χ1) is 4.86. The van der Waals surface area contributed by atoms with Gasteiger partial charge < -0.3 is 5.73 Å². The molecule has 1 aliphatic carbocycles. The fourth-order valence-corrected chi connectivity index (χ4v) is 0.922. The fraction of sp³-hybridized carbons (Fsp3) is 0.375. The van der Waals surface area contributed by atoms with Crippen LogP contribution in [0.4, 0.5) is 0 Å². The molecular weight excluding hydrogens is 124 g/mol. The van der Waals surface area contributed by atoms with Gasteiger partial charge in [0, 0.05) is 5.57 Å². The molecule has 1 unspecified atom stereocenters. The van der Waals surface area contributed by atoms with Crippen molar-refractivity contribution in [3.05, 3.63) is 23.8 Å². The van der Waals surface area contributed by atoms with Crippen molar-refractivity contribution in [3.63, 3.8) is 0 Å². The van der Waals surface area contributed by atoms with Crippen LogP contribution in [0.15, 0.2) is 23.8 Å². The van der Waals surface area contributed by atoms with E-state index in [1.807, 2.05) is 18.2 Å². The molecular formula is C8H10N2. The Morgan fingerprint density at radius 2 is 2.60 bits per heavy atom. The van der Waals surface area contributed by atoms with E-state index in [-0.39, 0.29) is 0 Å². The summed E-state index contributed by atoms with van der Waals surface area (Å²) < 4.78 is 0. The van der Waals surface area contributed by atoms with Crippen molar-refractivity contribution in [2.24, 2.45) is 11.7 Å². The zero-order chi connectivity index (χ0) is 7.40. The maximum Gasteiger partial charge on any atom is 0.0988 e. The molecule has 52 valence electrons. The molecule has 0 aromatic rings. The van der Waals surface area contributed by atoms with Gasteiger partial charge in [0.25, 0.3) is 0 Å². The number of hydrogen-bond acceptors (Lipinski definition) is 2. The van der Waals surface area contributed by atoms with Crippen molar-refractivity contribution >= 4 is 0 Å². The van der Waals surface area contributed by atoms with Crippen LogP contribution in [0.5, 0.6) is 0 Å². The second kappa shape index (κ2) is 3.19. The second-order valence-corrected chi connectivity index (χ2v) is 2.36. The number of allylic oxidation sites excluding steroid dienone is 3. The van der Waals surface area contributed by atoms with Crippen LogP contribution in [0.3, 0.4) is 0 Å². The lowest BCUT2D eigenvalue weighted by atomic mass is 9.98. The topological polar surface area (TPSA) is 49.8 Å². The van der Waals surface area contributed by atoms with E-state index >= 15 is 0 Å². The van der Waals surface area contributed by atoms with Gasteiger partial charge in [0.15, 0.2) is 0 Å². The van der Waals surface area contributed by atoms with E-state index in [4.69, 9.17) is 11.0 Å². The summed E-state index contributed by atoms with van der Waals surface area (Å²) in [6, 6.07) is 2.08. The largest absolute Gasteiger partial charge is 0.330 e. The Balaban J connectivity index is 2.57. The molecule has 0 fully saturated rings. The third kappa shape index (κ3) is 1.46. The number of rotatable bonds is 1. The van der Waals surface area contributed by atoms with E-state index in [2.05, 4.69) is 6.07 Å². The molecule has 0 radical (unpaired) electrons. The average molecular weight is 134 g/mol. The number of hydrogen-bond donors (Lipinski definition) is 1. The van der Waals surface area contributed by atoms with E-state index in [1.54, 1.807) is 0 Å². The Kier molecular flexibility index (Phi) is 2.24. The monoisotopic (exact) mass is 134 g/mol. The zero-order valence-corrected chi connectivity index (χ0v) is 5.75. The summed E-state index contributed by atoms with van der Waals surface area (Å²) in [5.74, 6) is 0.442. The summed E-state index contributed by atoms with van der Waals surface area (Å²) in [7, 11) is 0. The zero-order valence-electron chi connectivity index (χ0n) is 5.75. The summed E-state index contributed by atoms with van der Waals surface area (Å²) in [5.41, 5.74) is 6.18. The summed E-state index contributed by atoms with van der Waals surface area (Å²) >= 11 is 0. The van der Waals surface area contributed by atoms with E-state index in [0.717, 1.165) is 12.0 Å². The molecule has 1 atom stereocenters. The fourth-order valence-electron chi connectivity index (χ4n) is 0.922. The Morgan fingerprint density at radius 1 is 1.80 bits per heavy atom. The standard InChI is InChI=1S/C8H10N2/c9-5-7-1-2-8(6-10)4-3-7/h1-3,8H,4,6,10H2. The molecule has 1 aliphatic rings. The SMILES string of the molecule is N#CC1=CCC(CN)C=C1. The number of nitrogens with zero attached hydrogens (tertiary/aromatic N) is 1. The lowest BCUT2D eigenvalue weighted by molar-refractivity contribution is 0.667. The van der Waals surface area contributed by atoms with Crippen molar-refractivity contribution in [3.8, 4) is 6.07 Å². The van der Waals surface area contributed by atoms with Crippen molar-refractivity contribution in [2.75, 3.05) is 6.54 Å². The Bertz CT molecular complexity index is 208. The molecule has 0 aliphatic heterocycles. The molecule has 0 bridgehead atoms. The maximum absolute atomic E-state index is 8.45. The maximum atomic E-state index is 8.45. The molecule has 2 heteroatoms. The molecule has 0 saturated heterocycles. The van der Waals surface area contributed by atoms with Gasteiger partial charge in [-0.25, -0.2) is 0 Å². The highest BCUT2D eigenvalue weighted by molar-refractivity contribution is 5.35. The molecule has 0 aromatic heterocycles. The third-order valence-corrected chi connectivity index (χ3v) is 1.62. The predicted molar refractivity (Wildman–Crippen MR) is 40.0 cm³/mol.